The van der Waals surface area contributed by atoms with Crippen LogP contribution in [0.4, 0.5) is 0 Å². The molecular weight excluding hydrogens is 437 g/mol. The van der Waals surface area contributed by atoms with Crippen molar-refractivity contribution in [1.82, 2.24) is 16.0 Å². The first kappa shape index (κ1) is 21.6. The molecule has 3 N–H and O–H groups in total. The molecule has 2 aromatic rings. The van der Waals surface area contributed by atoms with Crippen molar-refractivity contribution >= 4 is 52.3 Å². The van der Waals surface area contributed by atoms with Gasteiger partial charge < -0.3 is 20.7 Å². The molecule has 0 aliphatic carbocycles. The van der Waals surface area contributed by atoms with Crippen molar-refractivity contribution in [2.75, 3.05) is 20.2 Å². The van der Waals surface area contributed by atoms with Gasteiger partial charge in [0.15, 0.2) is 0 Å². The van der Waals surface area contributed by atoms with E-state index in [0.717, 1.165) is 17.7 Å². The molecule has 0 radical (unpaired) electrons. The number of methoxy groups -OCH3 is 1. The minimum absolute atomic E-state index is 0.104. The average molecular weight is 456 g/mol. The van der Waals surface area contributed by atoms with Gasteiger partial charge in [0.25, 0.3) is 11.8 Å². The predicted molar refractivity (Wildman–Crippen MR) is 112 cm³/mol. The summed E-state index contributed by atoms with van der Waals surface area (Å²) in [6.45, 7) is 1.23. The average Bonchev–Trinajstić information content (AvgIpc) is 3.25. The summed E-state index contributed by atoms with van der Waals surface area (Å²) >= 11 is 14.0. The van der Waals surface area contributed by atoms with E-state index in [1.807, 2.05) is 0 Å². The third kappa shape index (κ3) is 4.90. The zero-order chi connectivity index (χ0) is 21.0. The number of amides is 2. The van der Waals surface area contributed by atoms with Crippen LogP contribution in [0.2, 0.25) is 10.0 Å². The van der Waals surface area contributed by atoms with Crippen LogP contribution in [0.15, 0.2) is 23.6 Å². The van der Waals surface area contributed by atoms with Gasteiger partial charge in [-0.25, -0.2) is 4.79 Å². The number of hydrogen-bond acceptors (Lipinski definition) is 6. The number of esters is 1. The number of carbonyl (C=O) groups excluding carboxylic acids is 3. The van der Waals surface area contributed by atoms with Gasteiger partial charge in [0.1, 0.15) is 6.04 Å². The molecule has 2 heterocycles. The quantitative estimate of drug-likeness (QED) is 0.581. The Hall–Kier alpha value is -2.13. The van der Waals surface area contributed by atoms with E-state index in [-0.39, 0.29) is 28.1 Å². The van der Waals surface area contributed by atoms with Crippen molar-refractivity contribution in [2.24, 2.45) is 0 Å². The van der Waals surface area contributed by atoms with Crippen molar-refractivity contribution in [3.8, 4) is 0 Å². The largest absolute Gasteiger partial charge is 0.467 e. The number of thiophene rings is 1. The van der Waals surface area contributed by atoms with Gasteiger partial charge >= 0.3 is 5.97 Å². The zero-order valence-corrected chi connectivity index (χ0v) is 17.8. The lowest BCUT2D eigenvalue weighted by atomic mass is 9.97. The molecule has 0 unspecified atom stereocenters. The van der Waals surface area contributed by atoms with Crippen molar-refractivity contribution in [3.63, 3.8) is 0 Å². The maximum atomic E-state index is 12.9. The fraction of sp³-hybridized carbons (Fsp3) is 0.316. The SMILES string of the molecule is COC(=O)[C@H](CNC(=O)c1cccs1)NC(=O)c1c(Cl)cc2c(c1Cl)CCNC2. The number of carbonyl (C=O) groups is 3. The first-order valence-electron chi connectivity index (χ1n) is 8.83. The Labute approximate surface area is 181 Å². The second-order valence-electron chi connectivity index (χ2n) is 6.35. The minimum Gasteiger partial charge on any atom is -0.467 e. The van der Waals surface area contributed by atoms with E-state index in [2.05, 4.69) is 16.0 Å². The number of rotatable bonds is 6. The normalized spacial score (nSPS) is 13.9. The third-order valence-corrected chi connectivity index (χ3v) is 6.09. The lowest BCUT2D eigenvalue weighted by molar-refractivity contribution is -0.142. The van der Waals surface area contributed by atoms with Gasteiger partial charge in [-0.3, -0.25) is 9.59 Å². The van der Waals surface area contributed by atoms with E-state index < -0.39 is 17.9 Å². The summed E-state index contributed by atoms with van der Waals surface area (Å²) in [5.41, 5.74) is 1.91. The molecule has 1 atom stereocenters. The minimum atomic E-state index is -1.10. The van der Waals surface area contributed by atoms with Crippen molar-refractivity contribution in [1.29, 1.82) is 0 Å². The molecule has 1 aliphatic heterocycles. The number of benzene rings is 1. The van der Waals surface area contributed by atoms with Crippen LogP contribution >= 0.6 is 34.5 Å². The van der Waals surface area contributed by atoms with E-state index in [9.17, 15) is 14.4 Å². The molecule has 154 valence electrons. The van der Waals surface area contributed by atoms with Crippen LogP contribution < -0.4 is 16.0 Å². The topological polar surface area (TPSA) is 96.5 Å². The van der Waals surface area contributed by atoms with E-state index in [1.165, 1.54) is 18.4 Å². The van der Waals surface area contributed by atoms with Gasteiger partial charge in [0.2, 0.25) is 0 Å². The highest BCUT2D eigenvalue weighted by Crippen LogP contribution is 2.33. The molecule has 7 nitrogen and oxygen atoms in total. The highest BCUT2D eigenvalue weighted by Gasteiger charge is 2.27. The van der Waals surface area contributed by atoms with Gasteiger partial charge in [0, 0.05) is 13.1 Å². The Morgan fingerprint density at radius 1 is 1.31 bits per heavy atom. The fourth-order valence-corrected chi connectivity index (χ4v) is 4.44. The highest BCUT2D eigenvalue weighted by atomic mass is 35.5. The standard InChI is InChI=1S/C19H19Cl2N3O4S/c1-28-19(27)13(9-23-17(25)14-3-2-6-29-14)24-18(26)15-12(20)7-10-8-22-5-4-11(10)16(15)21/h2-3,6-7,13,22H,4-5,8-9H2,1H3,(H,23,25)(H,24,26)/t13-/m0/s1. The van der Waals surface area contributed by atoms with Gasteiger partial charge in [-0.1, -0.05) is 29.3 Å². The number of fused-ring (bicyclic) bond motifs is 1. The Morgan fingerprint density at radius 2 is 2.10 bits per heavy atom. The number of ether oxygens (including phenoxy) is 1. The molecule has 3 rings (SSSR count). The summed E-state index contributed by atoms with van der Waals surface area (Å²) in [4.78, 5) is 37.6. The molecule has 1 aliphatic rings. The molecule has 1 aromatic heterocycles. The summed E-state index contributed by atoms with van der Waals surface area (Å²) < 4.78 is 4.75. The van der Waals surface area contributed by atoms with Crippen LogP contribution in [-0.2, 0) is 22.5 Å². The molecule has 10 heteroatoms. The summed E-state index contributed by atoms with van der Waals surface area (Å²) in [6.07, 6.45) is 0.670. The second-order valence-corrected chi connectivity index (χ2v) is 8.08. The van der Waals surface area contributed by atoms with Crippen molar-refractivity contribution in [2.45, 2.75) is 19.0 Å². The molecule has 29 heavy (non-hydrogen) atoms. The van der Waals surface area contributed by atoms with Gasteiger partial charge in [-0.05, 0) is 41.6 Å². The smallest absolute Gasteiger partial charge is 0.330 e. The van der Waals surface area contributed by atoms with Crippen LogP contribution in [-0.4, -0.2) is 44.0 Å². The molecule has 0 saturated heterocycles. The molecule has 0 saturated carbocycles. The first-order valence-corrected chi connectivity index (χ1v) is 10.5. The monoisotopic (exact) mass is 455 g/mol. The molecule has 0 bridgehead atoms. The molecule has 1 aromatic carbocycles. The lowest BCUT2D eigenvalue weighted by Gasteiger charge is -2.22. The maximum absolute atomic E-state index is 12.9. The molecule has 2 amide bonds. The fourth-order valence-electron chi connectivity index (χ4n) is 3.04. The van der Waals surface area contributed by atoms with Crippen LogP contribution in [0, 0.1) is 0 Å². The second kappa shape index (κ2) is 9.58. The highest BCUT2D eigenvalue weighted by molar-refractivity contribution is 7.12. The lowest BCUT2D eigenvalue weighted by Crippen LogP contribution is -2.49. The Kier molecular flexibility index (Phi) is 7.13. The Balaban J connectivity index is 1.76. The molecule has 0 fully saturated rings. The molecular formula is C19H19Cl2N3O4S. The number of hydrogen-bond donors (Lipinski definition) is 3. The van der Waals surface area contributed by atoms with Gasteiger partial charge in [0.05, 0.1) is 27.6 Å². The van der Waals surface area contributed by atoms with Crippen LogP contribution in [0.25, 0.3) is 0 Å². The summed E-state index contributed by atoms with van der Waals surface area (Å²) in [5.74, 6) is -1.65. The van der Waals surface area contributed by atoms with Crippen LogP contribution in [0.5, 0.6) is 0 Å². The van der Waals surface area contributed by atoms with Crippen molar-refractivity contribution in [3.05, 3.63) is 55.2 Å². The molecule has 0 spiro atoms. The predicted octanol–water partition coefficient (Wildman–Crippen LogP) is 2.40. The van der Waals surface area contributed by atoms with Crippen LogP contribution in [0.1, 0.15) is 31.2 Å². The Bertz CT molecular complexity index is 934. The maximum Gasteiger partial charge on any atom is 0.330 e. The summed E-state index contributed by atoms with van der Waals surface area (Å²) in [6, 6.07) is 4.01. The van der Waals surface area contributed by atoms with Crippen molar-refractivity contribution < 1.29 is 19.1 Å². The third-order valence-electron chi connectivity index (χ3n) is 4.51. The van der Waals surface area contributed by atoms with E-state index in [1.54, 1.807) is 23.6 Å². The van der Waals surface area contributed by atoms with Gasteiger partial charge in [-0.15, -0.1) is 11.3 Å². The number of halogens is 2. The first-order chi connectivity index (χ1) is 13.9. The van der Waals surface area contributed by atoms with E-state index in [0.29, 0.717) is 17.8 Å². The summed E-state index contributed by atoms with van der Waals surface area (Å²) in [5, 5.41) is 10.6. The van der Waals surface area contributed by atoms with E-state index in [4.69, 9.17) is 27.9 Å². The zero-order valence-electron chi connectivity index (χ0n) is 15.5. The number of nitrogens with one attached hydrogen (secondary N) is 3. The Morgan fingerprint density at radius 3 is 2.79 bits per heavy atom. The summed E-state index contributed by atoms with van der Waals surface area (Å²) in [7, 11) is 1.20. The van der Waals surface area contributed by atoms with E-state index >= 15 is 0 Å². The van der Waals surface area contributed by atoms with Crippen LogP contribution in [0.3, 0.4) is 0 Å². The van der Waals surface area contributed by atoms with Gasteiger partial charge in [-0.2, -0.15) is 0 Å².